The highest BCUT2D eigenvalue weighted by Gasteiger charge is 2.35. The van der Waals surface area contributed by atoms with Crippen LogP contribution in [0, 0.1) is 0 Å². The molecular formula is C17H24ClNO2. The van der Waals surface area contributed by atoms with Crippen molar-refractivity contribution in [2.45, 2.75) is 57.1 Å². The fourth-order valence-electron chi connectivity index (χ4n) is 3.55. The van der Waals surface area contributed by atoms with E-state index >= 15 is 0 Å². The largest absolute Gasteiger partial charge is 0.493 e. The van der Waals surface area contributed by atoms with Gasteiger partial charge in [0.1, 0.15) is 0 Å². The average molecular weight is 310 g/mol. The van der Waals surface area contributed by atoms with E-state index < -0.39 is 0 Å². The third-order valence-corrected chi connectivity index (χ3v) is 5.01. The zero-order valence-electron chi connectivity index (χ0n) is 12.9. The Kier molecular flexibility index (Phi) is 4.32. The minimum Gasteiger partial charge on any atom is -0.493 e. The highest BCUT2D eigenvalue weighted by Crippen LogP contribution is 2.44. The van der Waals surface area contributed by atoms with Gasteiger partial charge in [0.25, 0.3) is 0 Å². The van der Waals surface area contributed by atoms with E-state index in [9.17, 15) is 0 Å². The number of methoxy groups -OCH3 is 1. The standard InChI is InChI=1S/C17H24ClNO2/c1-17(8-5-9-19-17)14-10-12(18)11-15(20-2)16(14)21-13-6-3-4-7-13/h10-11,13,19H,3-9H2,1-2H3. The molecule has 116 valence electrons. The molecule has 0 aromatic heterocycles. The van der Waals surface area contributed by atoms with Crippen LogP contribution >= 0.6 is 11.6 Å². The van der Waals surface area contributed by atoms with Crippen molar-refractivity contribution in [3.8, 4) is 11.5 Å². The van der Waals surface area contributed by atoms with Gasteiger partial charge < -0.3 is 14.8 Å². The SMILES string of the molecule is COc1cc(Cl)cc(C2(C)CCCN2)c1OC1CCCC1. The molecule has 0 bridgehead atoms. The molecule has 0 amide bonds. The minimum atomic E-state index is -0.0773. The van der Waals surface area contributed by atoms with Crippen molar-refractivity contribution in [1.29, 1.82) is 0 Å². The second-order valence-electron chi connectivity index (χ2n) is 6.37. The van der Waals surface area contributed by atoms with Gasteiger partial charge in [0, 0.05) is 22.2 Å². The number of ether oxygens (including phenoxy) is 2. The van der Waals surface area contributed by atoms with Gasteiger partial charge in [-0.15, -0.1) is 0 Å². The van der Waals surface area contributed by atoms with Crippen molar-refractivity contribution in [3.63, 3.8) is 0 Å². The molecule has 1 saturated heterocycles. The average Bonchev–Trinajstić information content (AvgIpc) is 3.12. The van der Waals surface area contributed by atoms with Crippen LogP contribution in [0.3, 0.4) is 0 Å². The van der Waals surface area contributed by atoms with E-state index in [0.717, 1.165) is 42.9 Å². The zero-order chi connectivity index (χ0) is 14.9. The minimum absolute atomic E-state index is 0.0773. The summed E-state index contributed by atoms with van der Waals surface area (Å²) in [7, 11) is 1.68. The smallest absolute Gasteiger partial charge is 0.166 e. The van der Waals surface area contributed by atoms with E-state index in [1.165, 1.54) is 19.3 Å². The molecule has 2 aliphatic rings. The summed E-state index contributed by atoms with van der Waals surface area (Å²) in [5.41, 5.74) is 1.06. The fraction of sp³-hybridized carbons (Fsp3) is 0.647. The summed E-state index contributed by atoms with van der Waals surface area (Å²) in [4.78, 5) is 0. The molecular weight excluding hydrogens is 286 g/mol. The second kappa shape index (κ2) is 6.05. The molecule has 1 unspecified atom stereocenters. The first-order chi connectivity index (χ1) is 10.1. The fourth-order valence-corrected chi connectivity index (χ4v) is 3.76. The molecule has 21 heavy (non-hydrogen) atoms. The highest BCUT2D eigenvalue weighted by atomic mass is 35.5. The maximum absolute atomic E-state index is 6.34. The van der Waals surface area contributed by atoms with E-state index in [4.69, 9.17) is 21.1 Å². The first-order valence-corrected chi connectivity index (χ1v) is 8.30. The van der Waals surface area contributed by atoms with Crippen molar-refractivity contribution in [1.82, 2.24) is 5.32 Å². The first kappa shape index (κ1) is 15.0. The van der Waals surface area contributed by atoms with Crippen molar-refractivity contribution >= 4 is 11.6 Å². The number of halogens is 1. The van der Waals surface area contributed by atoms with Crippen LogP contribution in [0.2, 0.25) is 5.02 Å². The Balaban J connectivity index is 2.01. The summed E-state index contributed by atoms with van der Waals surface area (Å²) in [6, 6.07) is 3.89. The monoisotopic (exact) mass is 309 g/mol. The molecule has 1 aromatic rings. The molecule has 1 N–H and O–H groups in total. The maximum atomic E-state index is 6.34. The van der Waals surface area contributed by atoms with Crippen molar-refractivity contribution in [3.05, 3.63) is 22.7 Å². The van der Waals surface area contributed by atoms with Gasteiger partial charge in [0.15, 0.2) is 11.5 Å². The Morgan fingerprint density at radius 1 is 1.24 bits per heavy atom. The normalized spacial score (nSPS) is 26.2. The number of nitrogens with one attached hydrogen (secondary N) is 1. The van der Waals surface area contributed by atoms with E-state index in [1.807, 2.05) is 12.1 Å². The lowest BCUT2D eigenvalue weighted by molar-refractivity contribution is 0.193. The molecule has 0 radical (unpaired) electrons. The lowest BCUT2D eigenvalue weighted by atomic mass is 9.89. The molecule has 0 spiro atoms. The number of rotatable bonds is 4. The van der Waals surface area contributed by atoms with Crippen LogP contribution in [0.15, 0.2) is 12.1 Å². The predicted molar refractivity (Wildman–Crippen MR) is 85.5 cm³/mol. The van der Waals surface area contributed by atoms with Crippen LogP contribution in [-0.4, -0.2) is 19.8 Å². The molecule has 3 nitrogen and oxygen atoms in total. The van der Waals surface area contributed by atoms with Gasteiger partial charge in [-0.3, -0.25) is 0 Å². The van der Waals surface area contributed by atoms with Gasteiger partial charge in [-0.2, -0.15) is 0 Å². The molecule has 1 aromatic carbocycles. The second-order valence-corrected chi connectivity index (χ2v) is 6.81. The summed E-state index contributed by atoms with van der Waals surface area (Å²) >= 11 is 6.29. The van der Waals surface area contributed by atoms with Crippen molar-refractivity contribution < 1.29 is 9.47 Å². The first-order valence-electron chi connectivity index (χ1n) is 7.92. The van der Waals surface area contributed by atoms with E-state index in [1.54, 1.807) is 7.11 Å². The maximum Gasteiger partial charge on any atom is 0.166 e. The summed E-state index contributed by atoms with van der Waals surface area (Å²) < 4.78 is 11.9. The third kappa shape index (κ3) is 3.00. The lowest BCUT2D eigenvalue weighted by Crippen LogP contribution is -2.34. The van der Waals surface area contributed by atoms with Crippen LogP contribution in [0.4, 0.5) is 0 Å². The van der Waals surface area contributed by atoms with Crippen LogP contribution < -0.4 is 14.8 Å². The quantitative estimate of drug-likeness (QED) is 0.901. The lowest BCUT2D eigenvalue weighted by Gasteiger charge is -2.30. The Labute approximate surface area is 132 Å². The predicted octanol–water partition coefficient (Wildman–Crippen LogP) is 4.27. The van der Waals surface area contributed by atoms with E-state index in [-0.39, 0.29) is 5.54 Å². The van der Waals surface area contributed by atoms with Crippen LogP contribution in [-0.2, 0) is 5.54 Å². The third-order valence-electron chi connectivity index (χ3n) is 4.79. The molecule has 1 heterocycles. The molecule has 1 aliphatic heterocycles. The molecule has 1 atom stereocenters. The van der Waals surface area contributed by atoms with Gasteiger partial charge in [-0.1, -0.05) is 11.6 Å². The molecule has 2 fully saturated rings. The van der Waals surface area contributed by atoms with E-state index in [0.29, 0.717) is 11.1 Å². The highest BCUT2D eigenvalue weighted by molar-refractivity contribution is 6.30. The Morgan fingerprint density at radius 3 is 2.62 bits per heavy atom. The zero-order valence-corrected chi connectivity index (χ0v) is 13.6. The van der Waals surface area contributed by atoms with Gasteiger partial charge >= 0.3 is 0 Å². The van der Waals surface area contributed by atoms with Gasteiger partial charge in [-0.05, 0) is 58.1 Å². The number of hydrogen-bond acceptors (Lipinski definition) is 3. The van der Waals surface area contributed by atoms with Crippen LogP contribution in [0.5, 0.6) is 11.5 Å². The number of benzene rings is 1. The van der Waals surface area contributed by atoms with E-state index in [2.05, 4.69) is 12.2 Å². The van der Waals surface area contributed by atoms with Gasteiger partial charge in [0.2, 0.25) is 0 Å². The van der Waals surface area contributed by atoms with Crippen molar-refractivity contribution in [2.75, 3.05) is 13.7 Å². The van der Waals surface area contributed by atoms with Crippen LogP contribution in [0.25, 0.3) is 0 Å². The van der Waals surface area contributed by atoms with Crippen LogP contribution in [0.1, 0.15) is 51.0 Å². The molecule has 4 heteroatoms. The number of hydrogen-bond donors (Lipinski definition) is 1. The van der Waals surface area contributed by atoms with Gasteiger partial charge in [-0.25, -0.2) is 0 Å². The summed E-state index contributed by atoms with van der Waals surface area (Å²) in [6.07, 6.45) is 7.36. The topological polar surface area (TPSA) is 30.5 Å². The molecule has 1 aliphatic carbocycles. The summed E-state index contributed by atoms with van der Waals surface area (Å²) in [5.74, 6) is 1.63. The summed E-state index contributed by atoms with van der Waals surface area (Å²) in [5, 5.41) is 4.30. The Hall–Kier alpha value is -0.930. The Morgan fingerprint density at radius 2 is 2.00 bits per heavy atom. The molecule has 1 saturated carbocycles. The molecule has 3 rings (SSSR count). The summed E-state index contributed by atoms with van der Waals surface area (Å²) in [6.45, 7) is 3.26. The van der Waals surface area contributed by atoms with Gasteiger partial charge in [0.05, 0.1) is 13.2 Å². The van der Waals surface area contributed by atoms with Crippen molar-refractivity contribution in [2.24, 2.45) is 0 Å². The Bertz CT molecular complexity index is 506.